The van der Waals surface area contributed by atoms with E-state index in [1.54, 1.807) is 18.3 Å². The summed E-state index contributed by atoms with van der Waals surface area (Å²) in [4.78, 5) is 16.1. The van der Waals surface area contributed by atoms with Gasteiger partial charge in [0, 0.05) is 6.21 Å². The van der Waals surface area contributed by atoms with E-state index in [0.717, 1.165) is 18.5 Å². The van der Waals surface area contributed by atoms with Crippen LogP contribution < -0.4 is 0 Å². The van der Waals surface area contributed by atoms with E-state index in [4.69, 9.17) is 4.74 Å². The number of ether oxygens (including phenoxy) is 1. The average Bonchev–Trinajstić information content (AvgIpc) is 2.54. The molecule has 21 heavy (non-hydrogen) atoms. The van der Waals surface area contributed by atoms with Crippen molar-refractivity contribution < 1.29 is 9.53 Å². The molecular weight excluding hydrogens is 262 g/mol. The predicted molar refractivity (Wildman–Crippen MR) is 85.3 cm³/mol. The Morgan fingerprint density at radius 2 is 1.81 bits per heavy atom. The predicted octanol–water partition coefficient (Wildman–Crippen LogP) is 4.20. The van der Waals surface area contributed by atoms with Crippen molar-refractivity contribution in [2.45, 2.75) is 19.8 Å². The molecule has 0 saturated carbocycles. The fourth-order valence-corrected chi connectivity index (χ4v) is 2.02. The molecule has 0 aliphatic carbocycles. The van der Waals surface area contributed by atoms with Gasteiger partial charge in [-0.05, 0) is 30.2 Å². The molecule has 0 aliphatic rings. The van der Waals surface area contributed by atoms with Crippen LogP contribution in [-0.4, -0.2) is 18.8 Å². The number of para-hydroxylation sites is 1. The molecule has 0 unspecified atom stereocenters. The summed E-state index contributed by atoms with van der Waals surface area (Å²) in [7, 11) is 0. The molecule has 0 N–H and O–H groups in total. The Bertz CT molecular complexity index is 606. The van der Waals surface area contributed by atoms with Crippen LogP contribution in [0.15, 0.2) is 59.6 Å². The summed E-state index contributed by atoms with van der Waals surface area (Å²) < 4.78 is 5.16. The molecule has 3 heteroatoms. The molecular formula is C18H19NO2. The molecule has 0 bridgehead atoms. The van der Waals surface area contributed by atoms with Crippen molar-refractivity contribution in [2.24, 2.45) is 4.99 Å². The van der Waals surface area contributed by atoms with E-state index in [1.165, 1.54) is 5.56 Å². The van der Waals surface area contributed by atoms with Gasteiger partial charge in [0.1, 0.15) is 6.61 Å². The summed E-state index contributed by atoms with van der Waals surface area (Å²) in [6.07, 6.45) is 3.71. The second-order valence-corrected chi connectivity index (χ2v) is 4.65. The van der Waals surface area contributed by atoms with Gasteiger partial charge in [-0.15, -0.1) is 0 Å². The highest BCUT2D eigenvalue weighted by molar-refractivity contribution is 5.90. The first-order chi connectivity index (χ1) is 10.3. The van der Waals surface area contributed by atoms with E-state index in [-0.39, 0.29) is 12.6 Å². The van der Waals surface area contributed by atoms with Crippen LogP contribution in [0.5, 0.6) is 0 Å². The quantitative estimate of drug-likeness (QED) is 0.588. The van der Waals surface area contributed by atoms with E-state index >= 15 is 0 Å². The maximum absolute atomic E-state index is 11.7. The number of benzene rings is 2. The van der Waals surface area contributed by atoms with Crippen molar-refractivity contribution in [1.82, 2.24) is 0 Å². The van der Waals surface area contributed by atoms with Crippen LogP contribution in [0.4, 0.5) is 5.69 Å². The van der Waals surface area contributed by atoms with Gasteiger partial charge in [0.2, 0.25) is 0 Å². The summed E-state index contributed by atoms with van der Waals surface area (Å²) in [5.41, 5.74) is 2.71. The summed E-state index contributed by atoms with van der Waals surface area (Å²) in [5, 5.41) is 0. The molecule has 0 amide bonds. The molecule has 0 heterocycles. The lowest BCUT2D eigenvalue weighted by molar-refractivity contribution is 0.0567. The van der Waals surface area contributed by atoms with Crippen LogP contribution in [0.2, 0.25) is 0 Å². The van der Waals surface area contributed by atoms with Gasteiger partial charge in [0.05, 0.1) is 11.3 Å². The smallest absolute Gasteiger partial charge is 0.338 e. The molecule has 2 aromatic carbocycles. The first-order valence-corrected chi connectivity index (χ1v) is 7.14. The highest BCUT2D eigenvalue weighted by Gasteiger charge is 2.04. The van der Waals surface area contributed by atoms with Gasteiger partial charge in [0.15, 0.2) is 0 Å². The van der Waals surface area contributed by atoms with Gasteiger partial charge in [0.25, 0.3) is 0 Å². The number of rotatable bonds is 6. The second kappa shape index (κ2) is 8.00. The lowest BCUT2D eigenvalue weighted by Gasteiger charge is -2.04. The summed E-state index contributed by atoms with van der Waals surface area (Å²) in [5.74, 6) is -0.330. The molecule has 108 valence electrons. The monoisotopic (exact) mass is 281 g/mol. The van der Waals surface area contributed by atoms with E-state index in [9.17, 15) is 4.79 Å². The first-order valence-electron chi connectivity index (χ1n) is 7.14. The van der Waals surface area contributed by atoms with E-state index in [1.807, 2.05) is 36.4 Å². The van der Waals surface area contributed by atoms with Crippen molar-refractivity contribution in [3.05, 3.63) is 65.7 Å². The molecule has 2 aromatic rings. The van der Waals surface area contributed by atoms with Crippen LogP contribution in [0.1, 0.15) is 29.3 Å². The number of esters is 1. The molecule has 0 aliphatic heterocycles. The standard InChI is InChI=1S/C18H19NO2/c1-2-8-15-9-6-7-12-17(15)19-13-14-21-18(20)16-10-4-3-5-11-16/h3-7,9-13H,2,8,14H2,1H3. The molecule has 0 spiro atoms. The number of hydrogen-bond acceptors (Lipinski definition) is 3. The van der Waals surface area contributed by atoms with Gasteiger partial charge in [-0.1, -0.05) is 49.7 Å². The maximum atomic E-state index is 11.7. The number of aliphatic imine (C=N–C) groups is 1. The molecule has 0 fully saturated rings. The summed E-state index contributed by atoms with van der Waals surface area (Å²) in [6.45, 7) is 2.32. The van der Waals surface area contributed by atoms with Crippen molar-refractivity contribution in [3.8, 4) is 0 Å². The Kier molecular flexibility index (Phi) is 5.71. The van der Waals surface area contributed by atoms with Crippen LogP contribution in [0.3, 0.4) is 0 Å². The average molecular weight is 281 g/mol. The Hall–Kier alpha value is -2.42. The van der Waals surface area contributed by atoms with Crippen LogP contribution in [0.25, 0.3) is 0 Å². The highest BCUT2D eigenvalue weighted by atomic mass is 16.5. The molecule has 0 atom stereocenters. The lowest BCUT2D eigenvalue weighted by atomic mass is 10.1. The minimum absolute atomic E-state index is 0.175. The Morgan fingerprint density at radius 3 is 2.57 bits per heavy atom. The van der Waals surface area contributed by atoms with Gasteiger partial charge in [-0.2, -0.15) is 0 Å². The summed E-state index contributed by atoms with van der Waals surface area (Å²) in [6, 6.07) is 17.0. The molecule has 0 radical (unpaired) electrons. The molecule has 0 saturated heterocycles. The third-order valence-electron chi connectivity index (χ3n) is 3.04. The van der Waals surface area contributed by atoms with Gasteiger partial charge in [-0.3, -0.25) is 4.99 Å². The Balaban J connectivity index is 1.90. The van der Waals surface area contributed by atoms with E-state index in [2.05, 4.69) is 18.0 Å². The number of carbonyl (C=O) groups is 1. The zero-order valence-corrected chi connectivity index (χ0v) is 12.2. The topological polar surface area (TPSA) is 38.7 Å². The SMILES string of the molecule is CCCc1ccccc1N=CCOC(=O)c1ccccc1. The molecule has 2 rings (SSSR count). The molecule has 3 nitrogen and oxygen atoms in total. The largest absolute Gasteiger partial charge is 0.456 e. The van der Waals surface area contributed by atoms with Crippen LogP contribution in [-0.2, 0) is 11.2 Å². The molecule has 0 aromatic heterocycles. The fraction of sp³-hybridized carbons (Fsp3) is 0.222. The van der Waals surface area contributed by atoms with Crippen molar-refractivity contribution in [3.63, 3.8) is 0 Å². The zero-order chi connectivity index (χ0) is 14.9. The van der Waals surface area contributed by atoms with E-state index in [0.29, 0.717) is 5.56 Å². The third kappa shape index (κ3) is 4.56. The third-order valence-corrected chi connectivity index (χ3v) is 3.04. The Morgan fingerprint density at radius 1 is 1.10 bits per heavy atom. The number of carbonyl (C=O) groups excluding carboxylic acids is 1. The minimum atomic E-state index is -0.330. The first kappa shape index (κ1) is 15.0. The zero-order valence-electron chi connectivity index (χ0n) is 12.2. The number of aryl methyl sites for hydroxylation is 1. The van der Waals surface area contributed by atoms with Crippen LogP contribution in [0, 0.1) is 0 Å². The summed E-state index contributed by atoms with van der Waals surface area (Å²) >= 11 is 0. The lowest BCUT2D eigenvalue weighted by Crippen LogP contribution is -2.06. The minimum Gasteiger partial charge on any atom is -0.456 e. The van der Waals surface area contributed by atoms with E-state index < -0.39 is 0 Å². The van der Waals surface area contributed by atoms with Gasteiger partial charge >= 0.3 is 5.97 Å². The second-order valence-electron chi connectivity index (χ2n) is 4.65. The van der Waals surface area contributed by atoms with Crippen LogP contribution >= 0.6 is 0 Å². The normalized spacial score (nSPS) is 10.7. The fourth-order valence-electron chi connectivity index (χ4n) is 2.02. The van der Waals surface area contributed by atoms with Gasteiger partial charge < -0.3 is 4.74 Å². The maximum Gasteiger partial charge on any atom is 0.338 e. The number of nitrogens with zero attached hydrogens (tertiary/aromatic N) is 1. The Labute approximate surface area is 125 Å². The highest BCUT2D eigenvalue weighted by Crippen LogP contribution is 2.19. The number of hydrogen-bond donors (Lipinski definition) is 0. The van der Waals surface area contributed by atoms with Crippen molar-refractivity contribution >= 4 is 17.9 Å². The van der Waals surface area contributed by atoms with Crippen molar-refractivity contribution in [2.75, 3.05) is 6.61 Å². The van der Waals surface area contributed by atoms with Crippen molar-refractivity contribution in [1.29, 1.82) is 0 Å². The van der Waals surface area contributed by atoms with Gasteiger partial charge in [-0.25, -0.2) is 4.79 Å².